The second-order valence-corrected chi connectivity index (χ2v) is 4.12. The van der Waals surface area contributed by atoms with Crippen molar-refractivity contribution in [3.8, 4) is 11.6 Å². The minimum absolute atomic E-state index is 0.425. The summed E-state index contributed by atoms with van der Waals surface area (Å²) in [7, 11) is -0.868. The Morgan fingerprint density at radius 3 is 3.00 bits per heavy atom. The number of ether oxygens (including phenoxy) is 1. The van der Waals surface area contributed by atoms with E-state index < -0.39 is 7.12 Å². The molecule has 0 saturated carbocycles. The van der Waals surface area contributed by atoms with Crippen LogP contribution < -0.4 is 10.2 Å². The van der Waals surface area contributed by atoms with Gasteiger partial charge in [0.05, 0.1) is 24.7 Å². The van der Waals surface area contributed by atoms with Gasteiger partial charge in [-0.15, -0.1) is 0 Å². The number of nitrogens with zero attached hydrogens (tertiary/aromatic N) is 2. The third-order valence-corrected chi connectivity index (χ3v) is 2.76. The lowest BCUT2D eigenvalue weighted by atomic mass is 9.79. The highest BCUT2D eigenvalue weighted by atomic mass is 16.5. The molecule has 0 radical (unpaired) electrons. The average molecular weight is 242 g/mol. The van der Waals surface area contributed by atoms with Crippen LogP contribution in [0.3, 0.4) is 0 Å². The summed E-state index contributed by atoms with van der Waals surface area (Å²) < 4.78 is 10.7. The van der Waals surface area contributed by atoms with Crippen molar-refractivity contribution in [3.63, 3.8) is 0 Å². The van der Waals surface area contributed by atoms with E-state index in [2.05, 4.69) is 9.97 Å². The fraction of sp³-hybridized carbons (Fsp3) is 0.167. The lowest BCUT2D eigenvalue weighted by molar-refractivity contribution is 0.275. The molecule has 0 saturated heterocycles. The number of rotatable bonds is 2. The maximum atomic E-state index is 9.60. The van der Waals surface area contributed by atoms with E-state index >= 15 is 0 Å². The average Bonchev–Trinajstić information content (AvgIpc) is 2.74. The number of fused-ring (bicyclic) bond motifs is 1. The van der Waals surface area contributed by atoms with E-state index in [-0.39, 0.29) is 0 Å². The van der Waals surface area contributed by atoms with Gasteiger partial charge in [0.15, 0.2) is 0 Å². The number of aromatic nitrogens is 2. The molecule has 2 aromatic rings. The third kappa shape index (κ3) is 2.08. The molecule has 1 aliphatic heterocycles. The second-order valence-electron chi connectivity index (χ2n) is 4.12. The molecule has 1 aromatic carbocycles. The standard InChI is InChI=1S/C12H11BN2O3/c1-8-5-15-12(6-14-8)18-10-3-2-9-7-17-13(16)11(9)4-10/h2-6,16H,7H2,1H3. The Hall–Kier alpha value is -1.92. The van der Waals surface area contributed by atoms with Gasteiger partial charge in [-0.25, -0.2) is 4.98 Å². The van der Waals surface area contributed by atoms with Crippen LogP contribution in [0.4, 0.5) is 0 Å². The predicted octanol–water partition coefficient (Wildman–Crippen LogP) is 0.795. The van der Waals surface area contributed by atoms with E-state index in [1.54, 1.807) is 18.5 Å². The van der Waals surface area contributed by atoms with Crippen LogP contribution in [0.2, 0.25) is 0 Å². The van der Waals surface area contributed by atoms with Crippen LogP contribution in [0, 0.1) is 6.92 Å². The van der Waals surface area contributed by atoms with Crippen molar-refractivity contribution >= 4 is 12.6 Å². The van der Waals surface area contributed by atoms with Crippen LogP contribution in [0.5, 0.6) is 11.6 Å². The Kier molecular flexibility index (Phi) is 2.73. The molecule has 2 heterocycles. The molecule has 18 heavy (non-hydrogen) atoms. The van der Waals surface area contributed by atoms with Gasteiger partial charge in [0.1, 0.15) is 5.75 Å². The zero-order valence-corrected chi connectivity index (χ0v) is 9.83. The molecule has 0 bridgehead atoms. The summed E-state index contributed by atoms with van der Waals surface area (Å²) in [6.07, 6.45) is 3.20. The number of hydrogen-bond donors (Lipinski definition) is 1. The maximum absolute atomic E-state index is 9.60. The summed E-state index contributed by atoms with van der Waals surface area (Å²) in [5.74, 6) is 1.03. The van der Waals surface area contributed by atoms with E-state index in [9.17, 15) is 5.02 Å². The van der Waals surface area contributed by atoms with E-state index in [1.807, 2.05) is 19.1 Å². The molecule has 5 nitrogen and oxygen atoms in total. The van der Waals surface area contributed by atoms with Crippen molar-refractivity contribution in [2.45, 2.75) is 13.5 Å². The summed E-state index contributed by atoms with van der Waals surface area (Å²) in [6, 6.07) is 5.46. The van der Waals surface area contributed by atoms with Gasteiger partial charge in [-0.2, -0.15) is 0 Å². The largest absolute Gasteiger partial charge is 0.491 e. The van der Waals surface area contributed by atoms with Crippen molar-refractivity contribution in [1.82, 2.24) is 9.97 Å². The maximum Gasteiger partial charge on any atom is 0.491 e. The summed E-state index contributed by atoms with van der Waals surface area (Å²) in [6.45, 7) is 2.29. The van der Waals surface area contributed by atoms with Gasteiger partial charge >= 0.3 is 7.12 Å². The van der Waals surface area contributed by atoms with Crippen molar-refractivity contribution < 1.29 is 14.4 Å². The van der Waals surface area contributed by atoms with Gasteiger partial charge in [0, 0.05) is 0 Å². The summed E-state index contributed by atoms with van der Waals surface area (Å²) in [4.78, 5) is 8.21. The highest BCUT2D eigenvalue weighted by Gasteiger charge is 2.27. The Morgan fingerprint density at radius 2 is 2.22 bits per heavy atom. The monoisotopic (exact) mass is 242 g/mol. The fourth-order valence-corrected chi connectivity index (χ4v) is 1.81. The second kappa shape index (κ2) is 4.40. The molecule has 1 N–H and O–H groups in total. The van der Waals surface area contributed by atoms with Crippen LogP contribution in [0.1, 0.15) is 11.3 Å². The van der Waals surface area contributed by atoms with E-state index in [1.165, 1.54) is 0 Å². The highest BCUT2D eigenvalue weighted by Crippen LogP contribution is 2.20. The SMILES string of the molecule is Cc1cnc(Oc2ccc3c(c2)B(O)OC3)cn1. The van der Waals surface area contributed by atoms with Gasteiger partial charge in [0.2, 0.25) is 5.88 Å². The van der Waals surface area contributed by atoms with Gasteiger partial charge in [-0.3, -0.25) is 4.98 Å². The van der Waals surface area contributed by atoms with Gasteiger partial charge in [-0.05, 0) is 30.1 Å². The summed E-state index contributed by atoms with van der Waals surface area (Å²) in [5.41, 5.74) is 2.55. The molecule has 0 spiro atoms. The van der Waals surface area contributed by atoms with Crippen molar-refractivity contribution in [3.05, 3.63) is 41.9 Å². The van der Waals surface area contributed by atoms with Gasteiger partial charge in [0.25, 0.3) is 0 Å². The van der Waals surface area contributed by atoms with Crippen molar-refractivity contribution in [2.75, 3.05) is 0 Å². The topological polar surface area (TPSA) is 64.5 Å². The Labute approximate surface area is 105 Å². The quantitative estimate of drug-likeness (QED) is 0.789. The predicted molar refractivity (Wildman–Crippen MR) is 65.7 cm³/mol. The molecule has 0 aliphatic carbocycles. The smallest absolute Gasteiger partial charge is 0.438 e. The van der Waals surface area contributed by atoms with Crippen LogP contribution in [-0.4, -0.2) is 22.1 Å². The first-order chi connectivity index (χ1) is 8.72. The normalized spacial score (nSPS) is 13.6. The molecule has 6 heteroatoms. The minimum Gasteiger partial charge on any atom is -0.438 e. The molecule has 0 fully saturated rings. The van der Waals surface area contributed by atoms with Crippen LogP contribution in [-0.2, 0) is 11.3 Å². The van der Waals surface area contributed by atoms with Crippen LogP contribution in [0.15, 0.2) is 30.6 Å². The molecule has 0 amide bonds. The first-order valence-corrected chi connectivity index (χ1v) is 5.61. The van der Waals surface area contributed by atoms with Gasteiger partial charge in [-0.1, -0.05) is 6.07 Å². The third-order valence-electron chi connectivity index (χ3n) is 2.76. The first kappa shape index (κ1) is 11.2. The van der Waals surface area contributed by atoms with E-state index in [0.717, 1.165) is 16.7 Å². The fourth-order valence-electron chi connectivity index (χ4n) is 1.81. The molecule has 0 atom stereocenters. The number of benzene rings is 1. The van der Waals surface area contributed by atoms with Crippen molar-refractivity contribution in [2.24, 2.45) is 0 Å². The first-order valence-electron chi connectivity index (χ1n) is 5.61. The van der Waals surface area contributed by atoms with Crippen LogP contribution >= 0.6 is 0 Å². The van der Waals surface area contributed by atoms with Crippen molar-refractivity contribution in [1.29, 1.82) is 0 Å². The van der Waals surface area contributed by atoms with E-state index in [0.29, 0.717) is 18.2 Å². The Morgan fingerprint density at radius 1 is 1.33 bits per heavy atom. The Balaban J connectivity index is 1.85. The Bertz CT molecular complexity index is 574. The molecule has 1 aliphatic rings. The number of hydrogen-bond acceptors (Lipinski definition) is 5. The molecule has 3 rings (SSSR count). The molecular weight excluding hydrogens is 231 g/mol. The summed E-state index contributed by atoms with van der Waals surface area (Å²) in [5, 5.41) is 9.60. The molecular formula is C12H11BN2O3. The van der Waals surface area contributed by atoms with E-state index in [4.69, 9.17) is 9.39 Å². The number of aryl methyl sites for hydroxylation is 1. The summed E-state index contributed by atoms with van der Waals surface area (Å²) >= 11 is 0. The molecule has 90 valence electrons. The lowest BCUT2D eigenvalue weighted by Crippen LogP contribution is -2.27. The lowest BCUT2D eigenvalue weighted by Gasteiger charge is -2.06. The van der Waals surface area contributed by atoms with Gasteiger partial charge < -0.3 is 14.4 Å². The van der Waals surface area contributed by atoms with Crippen LogP contribution in [0.25, 0.3) is 0 Å². The molecule has 0 unspecified atom stereocenters. The zero-order valence-electron chi connectivity index (χ0n) is 9.83. The molecule has 1 aromatic heterocycles. The highest BCUT2D eigenvalue weighted by molar-refractivity contribution is 6.61. The minimum atomic E-state index is -0.868. The zero-order chi connectivity index (χ0) is 12.5.